The summed E-state index contributed by atoms with van der Waals surface area (Å²) in [5, 5.41) is 19.8. The van der Waals surface area contributed by atoms with Gasteiger partial charge in [-0.15, -0.1) is 10.2 Å². The second-order valence-electron chi connectivity index (χ2n) is 6.84. The number of aryl methyl sites for hydroxylation is 1. The van der Waals surface area contributed by atoms with E-state index in [1.54, 1.807) is 6.07 Å². The molecule has 1 aromatic carbocycles. The summed E-state index contributed by atoms with van der Waals surface area (Å²) < 4.78 is 2.23. The number of nitro benzene ring substituents is 1. The van der Waals surface area contributed by atoms with Crippen molar-refractivity contribution in [3.63, 3.8) is 0 Å². The summed E-state index contributed by atoms with van der Waals surface area (Å²) in [7, 11) is 0. The first-order valence-electron chi connectivity index (χ1n) is 8.53. The van der Waals surface area contributed by atoms with Gasteiger partial charge < -0.3 is 9.47 Å². The Morgan fingerprint density at radius 2 is 1.96 bits per heavy atom. The maximum Gasteiger partial charge on any atom is 0.292 e. The zero-order valence-electron chi connectivity index (χ0n) is 13.8. The van der Waals surface area contributed by atoms with Gasteiger partial charge in [0.25, 0.3) is 5.69 Å². The molecule has 7 nitrogen and oxygen atoms in total. The first kappa shape index (κ1) is 15.1. The summed E-state index contributed by atoms with van der Waals surface area (Å²) in [4.78, 5) is 13.2. The summed E-state index contributed by atoms with van der Waals surface area (Å²) >= 11 is 0. The van der Waals surface area contributed by atoms with Gasteiger partial charge in [-0.2, -0.15) is 0 Å². The summed E-state index contributed by atoms with van der Waals surface area (Å²) in [5.41, 5.74) is 1.85. The fourth-order valence-electron chi connectivity index (χ4n) is 3.60. The van der Waals surface area contributed by atoms with Gasteiger partial charge in [0.2, 0.25) is 0 Å². The average Bonchev–Trinajstić information content (AvgIpc) is 3.32. The van der Waals surface area contributed by atoms with Crippen molar-refractivity contribution < 1.29 is 4.92 Å². The number of aromatic nitrogens is 3. The molecule has 1 aliphatic heterocycles. The number of nitrogens with zero attached hydrogens (tertiary/aromatic N) is 5. The summed E-state index contributed by atoms with van der Waals surface area (Å²) in [5.74, 6) is 1.49. The van der Waals surface area contributed by atoms with E-state index in [-0.39, 0.29) is 10.6 Å². The molecule has 2 heterocycles. The molecule has 24 heavy (non-hydrogen) atoms. The maximum atomic E-state index is 11.4. The molecule has 0 atom stereocenters. The molecule has 7 heteroatoms. The van der Waals surface area contributed by atoms with Crippen molar-refractivity contribution in [2.75, 3.05) is 18.0 Å². The topological polar surface area (TPSA) is 77.1 Å². The molecule has 2 fully saturated rings. The molecule has 1 aromatic heterocycles. The van der Waals surface area contributed by atoms with Gasteiger partial charge in [0.1, 0.15) is 17.8 Å². The van der Waals surface area contributed by atoms with Crippen molar-refractivity contribution in [1.29, 1.82) is 0 Å². The monoisotopic (exact) mass is 327 g/mol. The molecule has 0 unspecified atom stereocenters. The van der Waals surface area contributed by atoms with Crippen LogP contribution in [0.2, 0.25) is 0 Å². The van der Waals surface area contributed by atoms with Crippen LogP contribution >= 0.6 is 0 Å². The van der Waals surface area contributed by atoms with E-state index in [9.17, 15) is 10.1 Å². The third-order valence-corrected chi connectivity index (χ3v) is 5.07. The first-order valence-corrected chi connectivity index (χ1v) is 8.53. The van der Waals surface area contributed by atoms with Gasteiger partial charge in [0, 0.05) is 31.1 Å². The number of anilines is 1. The van der Waals surface area contributed by atoms with Gasteiger partial charge in [-0.05, 0) is 44.2 Å². The highest BCUT2D eigenvalue weighted by Crippen LogP contribution is 2.39. The lowest BCUT2D eigenvalue weighted by atomic mass is 9.95. The van der Waals surface area contributed by atoms with Gasteiger partial charge in [-0.3, -0.25) is 10.1 Å². The van der Waals surface area contributed by atoms with Gasteiger partial charge in [0.15, 0.2) is 0 Å². The third kappa shape index (κ3) is 2.74. The van der Waals surface area contributed by atoms with Crippen LogP contribution in [0.15, 0.2) is 24.5 Å². The van der Waals surface area contributed by atoms with Crippen LogP contribution in [-0.2, 0) is 0 Å². The lowest BCUT2D eigenvalue weighted by Gasteiger charge is -2.33. The predicted molar refractivity (Wildman–Crippen MR) is 90.3 cm³/mol. The Morgan fingerprint density at radius 3 is 2.62 bits per heavy atom. The first-order chi connectivity index (χ1) is 11.6. The Labute approximate surface area is 140 Å². The molecule has 0 spiro atoms. The zero-order chi connectivity index (χ0) is 16.7. The van der Waals surface area contributed by atoms with E-state index in [2.05, 4.69) is 19.7 Å². The van der Waals surface area contributed by atoms with E-state index < -0.39 is 0 Å². The molecule has 1 aliphatic carbocycles. The van der Waals surface area contributed by atoms with Crippen LogP contribution in [0.1, 0.15) is 49.0 Å². The highest BCUT2D eigenvalue weighted by molar-refractivity contribution is 5.64. The van der Waals surface area contributed by atoms with E-state index in [0.717, 1.165) is 43.0 Å². The van der Waals surface area contributed by atoms with E-state index in [4.69, 9.17) is 0 Å². The smallest absolute Gasteiger partial charge is 0.292 e. The standard InChI is InChI=1S/C17H21N5O2/c1-12-2-5-15(16(10-12)22(23)24)20-8-6-13(7-9-20)17-19-18-11-21(17)14-3-4-14/h2,5,10-11,13-14H,3-4,6-9H2,1H3. The van der Waals surface area contributed by atoms with Crippen LogP contribution in [0.25, 0.3) is 0 Å². The van der Waals surface area contributed by atoms with Crippen molar-refractivity contribution in [3.8, 4) is 0 Å². The average molecular weight is 327 g/mol. The van der Waals surface area contributed by atoms with E-state index in [1.807, 2.05) is 25.4 Å². The summed E-state index contributed by atoms with van der Waals surface area (Å²) in [6.07, 6.45) is 6.20. The third-order valence-electron chi connectivity index (χ3n) is 5.07. The van der Waals surface area contributed by atoms with Gasteiger partial charge in [0.05, 0.1) is 4.92 Å². The number of piperidine rings is 1. The highest BCUT2D eigenvalue weighted by Gasteiger charge is 2.32. The number of benzene rings is 1. The van der Waals surface area contributed by atoms with Crippen LogP contribution in [-0.4, -0.2) is 32.8 Å². The Bertz CT molecular complexity index is 760. The van der Waals surface area contributed by atoms with Crippen LogP contribution in [0.4, 0.5) is 11.4 Å². The molecule has 0 N–H and O–H groups in total. The molecule has 0 radical (unpaired) electrons. The minimum Gasteiger partial charge on any atom is -0.366 e. The summed E-state index contributed by atoms with van der Waals surface area (Å²) in [6.45, 7) is 3.51. The van der Waals surface area contributed by atoms with Crippen LogP contribution < -0.4 is 4.90 Å². The van der Waals surface area contributed by atoms with Crippen molar-refractivity contribution in [2.24, 2.45) is 0 Å². The van der Waals surface area contributed by atoms with Crippen LogP contribution in [0.5, 0.6) is 0 Å². The molecule has 4 rings (SSSR count). The predicted octanol–water partition coefficient (Wildman–Crippen LogP) is 3.21. The van der Waals surface area contributed by atoms with E-state index in [1.165, 1.54) is 12.8 Å². The van der Waals surface area contributed by atoms with Gasteiger partial charge >= 0.3 is 0 Å². The SMILES string of the molecule is Cc1ccc(N2CCC(c3nncn3C3CC3)CC2)c([N+](=O)[O-])c1. The van der Waals surface area contributed by atoms with Crippen molar-refractivity contribution >= 4 is 11.4 Å². The normalized spacial score (nSPS) is 18.8. The Hall–Kier alpha value is -2.44. The molecule has 2 aromatic rings. The molecule has 0 bridgehead atoms. The van der Waals surface area contributed by atoms with Crippen LogP contribution in [0, 0.1) is 17.0 Å². The molecule has 1 saturated heterocycles. The Balaban J connectivity index is 1.50. The fourth-order valence-corrected chi connectivity index (χ4v) is 3.60. The number of hydrogen-bond donors (Lipinski definition) is 0. The number of rotatable bonds is 4. The highest BCUT2D eigenvalue weighted by atomic mass is 16.6. The zero-order valence-corrected chi connectivity index (χ0v) is 13.8. The molecule has 2 aliphatic rings. The molecule has 126 valence electrons. The van der Waals surface area contributed by atoms with Gasteiger partial charge in [-0.1, -0.05) is 6.07 Å². The Kier molecular flexibility index (Phi) is 3.70. The number of nitro groups is 1. The van der Waals surface area contributed by atoms with E-state index in [0.29, 0.717) is 12.0 Å². The maximum absolute atomic E-state index is 11.4. The minimum absolute atomic E-state index is 0.203. The lowest BCUT2D eigenvalue weighted by molar-refractivity contribution is -0.384. The van der Waals surface area contributed by atoms with Gasteiger partial charge in [-0.25, -0.2) is 0 Å². The summed E-state index contributed by atoms with van der Waals surface area (Å²) in [6, 6.07) is 6.07. The number of hydrogen-bond acceptors (Lipinski definition) is 5. The second-order valence-corrected chi connectivity index (χ2v) is 6.84. The van der Waals surface area contributed by atoms with E-state index >= 15 is 0 Å². The molecular formula is C17H21N5O2. The second kappa shape index (κ2) is 5.89. The van der Waals surface area contributed by atoms with Crippen LogP contribution in [0.3, 0.4) is 0 Å². The molecule has 0 amide bonds. The van der Waals surface area contributed by atoms with Crippen molar-refractivity contribution in [2.45, 2.75) is 44.6 Å². The molecular weight excluding hydrogens is 306 g/mol. The largest absolute Gasteiger partial charge is 0.366 e. The molecule has 1 saturated carbocycles. The van der Waals surface area contributed by atoms with Crippen molar-refractivity contribution in [3.05, 3.63) is 46.0 Å². The quantitative estimate of drug-likeness (QED) is 0.636. The fraction of sp³-hybridized carbons (Fsp3) is 0.529. The minimum atomic E-state index is -0.280. The Morgan fingerprint density at radius 1 is 1.21 bits per heavy atom. The van der Waals surface area contributed by atoms with Crippen molar-refractivity contribution in [1.82, 2.24) is 14.8 Å². The lowest BCUT2D eigenvalue weighted by Crippen LogP contribution is -2.34.